The summed E-state index contributed by atoms with van der Waals surface area (Å²) < 4.78 is 2.25. The first kappa shape index (κ1) is 22.6. The summed E-state index contributed by atoms with van der Waals surface area (Å²) in [4.78, 5) is 17.3. The van der Waals surface area contributed by atoms with Crippen molar-refractivity contribution in [3.8, 4) is 17.2 Å². The quantitative estimate of drug-likeness (QED) is 0.486. The molecule has 0 saturated carbocycles. The van der Waals surface area contributed by atoms with Gasteiger partial charge in [0.2, 0.25) is 0 Å². The molecule has 2 aromatic carbocycles. The molecule has 150 valence electrons. The number of nitrogens with zero attached hydrogens (tertiary/aromatic N) is 3. The summed E-state index contributed by atoms with van der Waals surface area (Å²) in [6, 6.07) is 17.8. The van der Waals surface area contributed by atoms with Gasteiger partial charge in [-0.05, 0) is 52.0 Å². The molecule has 0 aliphatic rings. The predicted molar refractivity (Wildman–Crippen MR) is 122 cm³/mol. The van der Waals surface area contributed by atoms with Gasteiger partial charge >= 0.3 is 0 Å². The van der Waals surface area contributed by atoms with Crippen LogP contribution < -0.4 is 5.56 Å². The monoisotopic (exact) mass is 451 g/mol. The Morgan fingerprint density at radius 1 is 1.10 bits per heavy atom. The van der Waals surface area contributed by atoms with Gasteiger partial charge in [-0.3, -0.25) is 9.36 Å². The Hall–Kier alpha value is -2.71. The van der Waals surface area contributed by atoms with E-state index in [9.17, 15) is 10.1 Å². The molecule has 0 amide bonds. The summed E-state index contributed by atoms with van der Waals surface area (Å²) in [7, 11) is 0. The van der Waals surface area contributed by atoms with Crippen LogP contribution in [0.4, 0.5) is 0 Å². The number of halogens is 1. The highest BCUT2D eigenvalue weighted by atomic mass is 79.9. The van der Waals surface area contributed by atoms with Gasteiger partial charge in [0.15, 0.2) is 0 Å². The Bertz CT molecular complexity index is 1060. The van der Waals surface area contributed by atoms with Gasteiger partial charge in [-0.1, -0.05) is 63.2 Å². The topological polar surface area (TPSA) is 58.7 Å². The third-order valence-corrected chi connectivity index (χ3v) is 5.40. The summed E-state index contributed by atoms with van der Waals surface area (Å²) in [6.07, 6.45) is 1.69. The van der Waals surface area contributed by atoms with Crippen LogP contribution in [0.3, 0.4) is 0 Å². The lowest BCUT2D eigenvalue weighted by Crippen LogP contribution is -2.27. The molecule has 0 aliphatic heterocycles. The van der Waals surface area contributed by atoms with Crippen LogP contribution in [0.25, 0.3) is 11.1 Å². The van der Waals surface area contributed by atoms with E-state index in [0.717, 1.165) is 41.1 Å². The van der Waals surface area contributed by atoms with Crippen LogP contribution in [0.1, 0.15) is 49.8 Å². The molecule has 0 radical (unpaired) electrons. The van der Waals surface area contributed by atoms with Gasteiger partial charge in [0.25, 0.3) is 5.56 Å². The first-order chi connectivity index (χ1) is 14.0. The third kappa shape index (κ3) is 5.21. The zero-order chi connectivity index (χ0) is 21.4. The molecule has 4 nitrogen and oxygen atoms in total. The zero-order valence-corrected chi connectivity index (χ0v) is 19.0. The highest BCUT2D eigenvalue weighted by Gasteiger charge is 2.12. The molecule has 0 saturated heterocycles. The van der Waals surface area contributed by atoms with Crippen molar-refractivity contribution in [2.45, 2.75) is 47.1 Å². The average molecular weight is 452 g/mol. The second-order valence-corrected chi connectivity index (χ2v) is 7.22. The fraction of sp³-hybridized carbons (Fsp3) is 0.292. The Morgan fingerprint density at radius 2 is 1.76 bits per heavy atom. The number of aromatic nitrogens is 2. The molecule has 0 bridgehead atoms. The number of hydrogen-bond acceptors (Lipinski definition) is 3. The minimum absolute atomic E-state index is 0.0511. The molecular weight excluding hydrogens is 426 g/mol. The highest BCUT2D eigenvalue weighted by molar-refractivity contribution is 9.10. The van der Waals surface area contributed by atoms with Crippen LogP contribution in [0.15, 0.2) is 57.8 Å². The maximum absolute atomic E-state index is 12.7. The number of aryl methyl sites for hydroxylation is 2. The van der Waals surface area contributed by atoms with E-state index in [1.807, 2.05) is 69.3 Å². The van der Waals surface area contributed by atoms with Crippen molar-refractivity contribution in [2.75, 3.05) is 0 Å². The molecule has 1 aromatic heterocycles. The second-order valence-electron chi connectivity index (χ2n) is 6.42. The number of nitriles is 1. The molecule has 0 spiro atoms. The molecule has 0 unspecified atom stereocenters. The number of rotatable bonds is 5. The molecule has 0 fully saturated rings. The maximum atomic E-state index is 12.7. The normalized spacial score (nSPS) is 10.1. The van der Waals surface area contributed by atoms with Crippen LogP contribution in [-0.4, -0.2) is 9.55 Å². The van der Waals surface area contributed by atoms with Crippen molar-refractivity contribution >= 4 is 15.9 Å². The largest absolute Gasteiger partial charge is 0.291 e. The third-order valence-electron chi connectivity index (χ3n) is 4.49. The lowest BCUT2D eigenvalue weighted by molar-refractivity contribution is 0.645. The first-order valence-corrected chi connectivity index (χ1v) is 10.7. The van der Waals surface area contributed by atoms with Crippen LogP contribution in [-0.2, 0) is 13.0 Å². The molecule has 29 heavy (non-hydrogen) atoms. The van der Waals surface area contributed by atoms with E-state index in [0.29, 0.717) is 16.6 Å². The van der Waals surface area contributed by atoms with Gasteiger partial charge in [-0.2, -0.15) is 5.26 Å². The summed E-state index contributed by atoms with van der Waals surface area (Å²) in [5.74, 6) is 0.808. The van der Waals surface area contributed by atoms with E-state index in [1.54, 1.807) is 4.57 Å². The van der Waals surface area contributed by atoms with Gasteiger partial charge in [0, 0.05) is 6.42 Å². The minimum atomic E-state index is -0.0511. The van der Waals surface area contributed by atoms with Crippen molar-refractivity contribution in [1.82, 2.24) is 9.55 Å². The maximum Gasteiger partial charge on any atom is 0.268 e. The smallest absolute Gasteiger partial charge is 0.268 e. The molecular formula is C24H26BrN3O. The average Bonchev–Trinajstić information content (AvgIpc) is 2.77. The molecule has 0 atom stereocenters. The molecule has 0 N–H and O–H groups in total. The Labute approximate surface area is 181 Å². The Kier molecular flexibility index (Phi) is 8.35. The van der Waals surface area contributed by atoms with E-state index < -0.39 is 0 Å². The lowest BCUT2D eigenvalue weighted by atomic mass is 9.99. The second kappa shape index (κ2) is 10.7. The van der Waals surface area contributed by atoms with Crippen molar-refractivity contribution in [3.05, 3.63) is 86.0 Å². The van der Waals surface area contributed by atoms with Crippen molar-refractivity contribution in [3.63, 3.8) is 0 Å². The van der Waals surface area contributed by atoms with Crippen LogP contribution >= 0.6 is 15.9 Å². The SMILES string of the molecule is CC.CCCc1nc(C)c(Br)c(=O)n1Cc1ccc(-c2ccccc2C#N)cc1. The molecule has 0 aliphatic carbocycles. The molecule has 3 rings (SSSR count). The number of hydrogen-bond donors (Lipinski definition) is 0. The van der Waals surface area contributed by atoms with Crippen molar-refractivity contribution in [1.29, 1.82) is 5.26 Å². The number of benzene rings is 2. The zero-order valence-electron chi connectivity index (χ0n) is 17.4. The van der Waals surface area contributed by atoms with Crippen molar-refractivity contribution < 1.29 is 0 Å². The van der Waals surface area contributed by atoms with E-state index in [1.165, 1.54) is 0 Å². The van der Waals surface area contributed by atoms with E-state index in [4.69, 9.17) is 0 Å². The standard InChI is InChI=1S/C22H20BrN3O.C2H6/c1-3-6-20-25-15(2)21(23)22(27)26(20)14-16-9-11-17(12-10-16)19-8-5-4-7-18(19)13-24;1-2/h4-5,7-12H,3,6,14H2,1-2H3;1-2H3. The fourth-order valence-corrected chi connectivity index (χ4v) is 3.38. The van der Waals surface area contributed by atoms with Crippen LogP contribution in [0, 0.1) is 18.3 Å². The van der Waals surface area contributed by atoms with Gasteiger partial charge in [0.1, 0.15) is 10.3 Å². The van der Waals surface area contributed by atoms with Gasteiger partial charge in [0.05, 0.1) is 23.9 Å². The first-order valence-electron chi connectivity index (χ1n) is 9.89. The van der Waals surface area contributed by atoms with E-state index >= 15 is 0 Å². The summed E-state index contributed by atoms with van der Waals surface area (Å²) in [5, 5.41) is 9.29. The molecule has 1 heterocycles. The Morgan fingerprint density at radius 3 is 2.38 bits per heavy atom. The van der Waals surface area contributed by atoms with E-state index in [-0.39, 0.29) is 5.56 Å². The van der Waals surface area contributed by atoms with Gasteiger partial charge in [-0.25, -0.2) is 4.98 Å². The molecule has 5 heteroatoms. The van der Waals surface area contributed by atoms with Crippen molar-refractivity contribution in [2.24, 2.45) is 0 Å². The summed E-state index contributed by atoms with van der Waals surface area (Å²) in [5.41, 5.74) is 4.24. The summed E-state index contributed by atoms with van der Waals surface area (Å²) in [6.45, 7) is 8.39. The van der Waals surface area contributed by atoms with E-state index in [2.05, 4.69) is 33.9 Å². The highest BCUT2D eigenvalue weighted by Crippen LogP contribution is 2.24. The predicted octanol–water partition coefficient (Wildman–Crippen LogP) is 5.88. The lowest BCUT2D eigenvalue weighted by Gasteiger charge is -2.14. The summed E-state index contributed by atoms with van der Waals surface area (Å²) >= 11 is 3.36. The van der Waals surface area contributed by atoms with Crippen LogP contribution in [0.5, 0.6) is 0 Å². The fourth-order valence-electron chi connectivity index (χ4n) is 3.08. The van der Waals surface area contributed by atoms with Gasteiger partial charge < -0.3 is 0 Å². The molecule has 3 aromatic rings. The van der Waals surface area contributed by atoms with Gasteiger partial charge in [-0.15, -0.1) is 0 Å². The van der Waals surface area contributed by atoms with Crippen LogP contribution in [0.2, 0.25) is 0 Å². The Balaban J connectivity index is 0.00000145. The minimum Gasteiger partial charge on any atom is -0.291 e.